The molecule has 0 fully saturated rings. The minimum Gasteiger partial charge on any atom is -0.343 e. The molecule has 26 heavy (non-hydrogen) atoms. The van der Waals surface area contributed by atoms with Crippen molar-refractivity contribution in [1.29, 1.82) is 0 Å². The molecule has 2 amide bonds. The number of nitrogens with one attached hydrogen (secondary N) is 2. The van der Waals surface area contributed by atoms with E-state index in [1.54, 1.807) is 24.4 Å². The summed E-state index contributed by atoms with van der Waals surface area (Å²) in [5.41, 5.74) is 3.80. The van der Waals surface area contributed by atoms with Gasteiger partial charge in [-0.15, -0.1) is 0 Å². The van der Waals surface area contributed by atoms with E-state index in [0.717, 1.165) is 20.8 Å². The second kappa shape index (κ2) is 8.40. The van der Waals surface area contributed by atoms with Gasteiger partial charge < -0.3 is 5.32 Å². The van der Waals surface area contributed by atoms with Crippen LogP contribution in [0.3, 0.4) is 0 Å². The topological polar surface area (TPSA) is 70.6 Å². The zero-order valence-electron chi connectivity index (χ0n) is 13.8. The maximum absolute atomic E-state index is 12.0. The number of hydrogen-bond acceptors (Lipinski definition) is 3. The molecule has 0 unspecified atom stereocenters. The Bertz CT molecular complexity index is 980. The summed E-state index contributed by atoms with van der Waals surface area (Å²) >= 11 is 3.31. The lowest BCUT2D eigenvalue weighted by Gasteiger charge is -2.05. The third-order valence-corrected chi connectivity index (χ3v) is 4.21. The number of rotatable bonds is 5. The molecule has 0 aliphatic carbocycles. The summed E-state index contributed by atoms with van der Waals surface area (Å²) in [5.74, 6) is -0.718. The number of halogens is 1. The number of benzene rings is 3. The highest BCUT2D eigenvalue weighted by atomic mass is 79.9. The first kappa shape index (κ1) is 17.8. The van der Waals surface area contributed by atoms with Crippen molar-refractivity contribution in [3.63, 3.8) is 0 Å². The summed E-state index contributed by atoms with van der Waals surface area (Å²) < 4.78 is 0.800. The normalized spacial score (nSPS) is 10.8. The Hall–Kier alpha value is -2.99. The Kier molecular flexibility index (Phi) is 5.76. The number of hydrogen-bond donors (Lipinski definition) is 2. The number of carbonyl (C=O) groups is 2. The molecule has 6 heteroatoms. The molecule has 0 radical (unpaired) electrons. The predicted octanol–water partition coefficient (Wildman–Crippen LogP) is 3.48. The van der Waals surface area contributed by atoms with Crippen molar-refractivity contribution in [3.8, 4) is 0 Å². The van der Waals surface area contributed by atoms with Crippen LogP contribution in [-0.4, -0.2) is 24.6 Å². The number of nitrogens with zero attached hydrogens (tertiary/aromatic N) is 1. The standard InChI is InChI=1S/C20H16BrN3O2/c21-17-9-4-7-15(11-17)20(26)22-13-19(25)24-23-12-16-8-3-6-14-5-1-2-10-18(14)16/h1-12H,13H2,(H,22,26)(H,24,25)/b23-12+. The van der Waals surface area contributed by atoms with Crippen LogP contribution in [0.15, 0.2) is 76.3 Å². The van der Waals surface area contributed by atoms with Gasteiger partial charge in [0.15, 0.2) is 0 Å². The first-order chi connectivity index (χ1) is 12.6. The zero-order valence-corrected chi connectivity index (χ0v) is 15.4. The molecule has 0 aliphatic heterocycles. The molecule has 3 rings (SSSR count). The fourth-order valence-electron chi connectivity index (χ4n) is 2.47. The molecule has 0 spiro atoms. The minimum absolute atomic E-state index is 0.155. The van der Waals surface area contributed by atoms with E-state index in [9.17, 15) is 9.59 Å². The van der Waals surface area contributed by atoms with E-state index in [-0.39, 0.29) is 12.5 Å². The maximum Gasteiger partial charge on any atom is 0.259 e. The monoisotopic (exact) mass is 409 g/mol. The number of amides is 2. The molecule has 3 aromatic carbocycles. The van der Waals surface area contributed by atoms with Crippen molar-refractivity contribution in [1.82, 2.24) is 10.7 Å². The third-order valence-electron chi connectivity index (χ3n) is 3.71. The Balaban J connectivity index is 1.55. The highest BCUT2D eigenvalue weighted by Crippen LogP contribution is 2.16. The molecule has 0 aromatic heterocycles. The number of hydrazone groups is 1. The van der Waals surface area contributed by atoms with Gasteiger partial charge >= 0.3 is 0 Å². The van der Waals surface area contributed by atoms with Crippen LogP contribution in [0.5, 0.6) is 0 Å². The summed E-state index contributed by atoms with van der Waals surface area (Å²) in [6, 6.07) is 20.8. The van der Waals surface area contributed by atoms with Gasteiger partial charge in [0.1, 0.15) is 0 Å². The summed E-state index contributed by atoms with van der Waals surface area (Å²) in [6.45, 7) is -0.155. The van der Waals surface area contributed by atoms with Gasteiger partial charge in [-0.2, -0.15) is 5.10 Å². The molecule has 0 bridgehead atoms. The van der Waals surface area contributed by atoms with E-state index < -0.39 is 5.91 Å². The van der Waals surface area contributed by atoms with Gasteiger partial charge in [0, 0.05) is 15.6 Å². The van der Waals surface area contributed by atoms with Crippen LogP contribution < -0.4 is 10.7 Å². The molecule has 0 aliphatic rings. The quantitative estimate of drug-likeness (QED) is 0.500. The van der Waals surface area contributed by atoms with Gasteiger partial charge in [0.05, 0.1) is 12.8 Å². The van der Waals surface area contributed by atoms with Crippen molar-refractivity contribution in [2.45, 2.75) is 0 Å². The van der Waals surface area contributed by atoms with E-state index in [1.807, 2.05) is 48.5 Å². The minimum atomic E-state index is -0.398. The largest absolute Gasteiger partial charge is 0.343 e. The predicted molar refractivity (Wildman–Crippen MR) is 106 cm³/mol. The van der Waals surface area contributed by atoms with Gasteiger partial charge in [0.2, 0.25) is 0 Å². The smallest absolute Gasteiger partial charge is 0.259 e. The fraction of sp³-hybridized carbons (Fsp3) is 0.0500. The first-order valence-corrected chi connectivity index (χ1v) is 8.76. The summed E-state index contributed by atoms with van der Waals surface area (Å²) in [5, 5.41) is 8.68. The number of fused-ring (bicyclic) bond motifs is 1. The van der Waals surface area contributed by atoms with Crippen LogP contribution in [0.1, 0.15) is 15.9 Å². The molecule has 5 nitrogen and oxygen atoms in total. The highest BCUT2D eigenvalue weighted by Gasteiger charge is 2.07. The summed E-state index contributed by atoms with van der Waals surface area (Å²) in [6.07, 6.45) is 1.59. The van der Waals surface area contributed by atoms with Crippen molar-refractivity contribution < 1.29 is 9.59 Å². The average Bonchev–Trinajstić information content (AvgIpc) is 2.66. The van der Waals surface area contributed by atoms with E-state index in [2.05, 4.69) is 31.8 Å². The Morgan fingerprint density at radius 2 is 1.77 bits per heavy atom. The Morgan fingerprint density at radius 3 is 2.62 bits per heavy atom. The van der Waals surface area contributed by atoms with Gasteiger partial charge in [-0.1, -0.05) is 64.5 Å². The molecule has 0 saturated heterocycles. The second-order valence-electron chi connectivity index (χ2n) is 5.55. The van der Waals surface area contributed by atoms with Crippen molar-refractivity contribution >= 4 is 44.7 Å². The van der Waals surface area contributed by atoms with E-state index in [0.29, 0.717) is 5.56 Å². The molecule has 130 valence electrons. The van der Waals surface area contributed by atoms with Crippen LogP contribution >= 0.6 is 15.9 Å². The van der Waals surface area contributed by atoms with Gasteiger partial charge in [0.25, 0.3) is 11.8 Å². The van der Waals surface area contributed by atoms with Gasteiger partial charge in [-0.05, 0) is 29.0 Å². The van der Waals surface area contributed by atoms with Gasteiger partial charge in [-0.3, -0.25) is 9.59 Å². The zero-order chi connectivity index (χ0) is 18.4. The van der Waals surface area contributed by atoms with Crippen molar-refractivity contribution in [2.24, 2.45) is 5.10 Å². The first-order valence-electron chi connectivity index (χ1n) is 7.97. The van der Waals surface area contributed by atoms with Crippen LogP contribution in [-0.2, 0) is 4.79 Å². The fourth-order valence-corrected chi connectivity index (χ4v) is 2.87. The van der Waals surface area contributed by atoms with Crippen LogP contribution in [0.2, 0.25) is 0 Å². The number of carbonyl (C=O) groups excluding carboxylic acids is 2. The van der Waals surface area contributed by atoms with Crippen molar-refractivity contribution in [2.75, 3.05) is 6.54 Å². The SMILES string of the molecule is O=C(CNC(=O)c1cccc(Br)c1)N/N=C/c1cccc2ccccc12. The summed E-state index contributed by atoms with van der Waals surface area (Å²) in [4.78, 5) is 23.8. The maximum atomic E-state index is 12.0. The van der Waals surface area contributed by atoms with E-state index in [4.69, 9.17) is 0 Å². The van der Waals surface area contributed by atoms with Crippen LogP contribution in [0.25, 0.3) is 10.8 Å². The third kappa shape index (κ3) is 4.55. The average molecular weight is 410 g/mol. The lowest BCUT2D eigenvalue weighted by molar-refractivity contribution is -0.120. The molecule has 0 saturated carbocycles. The van der Waals surface area contributed by atoms with Crippen LogP contribution in [0.4, 0.5) is 0 Å². The van der Waals surface area contributed by atoms with Crippen molar-refractivity contribution in [3.05, 3.63) is 82.3 Å². The molecule has 2 N–H and O–H groups in total. The Morgan fingerprint density at radius 1 is 1.00 bits per heavy atom. The summed E-state index contributed by atoms with van der Waals surface area (Å²) in [7, 11) is 0. The Labute approximate surface area is 159 Å². The van der Waals surface area contributed by atoms with Gasteiger partial charge in [-0.25, -0.2) is 5.43 Å². The van der Waals surface area contributed by atoms with E-state index >= 15 is 0 Å². The molecular formula is C20H16BrN3O2. The molecule has 0 heterocycles. The lowest BCUT2D eigenvalue weighted by atomic mass is 10.1. The van der Waals surface area contributed by atoms with E-state index in [1.165, 1.54) is 0 Å². The van der Waals surface area contributed by atoms with Crippen LogP contribution in [0, 0.1) is 0 Å². The molecular weight excluding hydrogens is 394 g/mol. The lowest BCUT2D eigenvalue weighted by Crippen LogP contribution is -2.34. The molecule has 0 atom stereocenters. The second-order valence-corrected chi connectivity index (χ2v) is 6.47. The highest BCUT2D eigenvalue weighted by molar-refractivity contribution is 9.10. The molecule has 3 aromatic rings.